The molecule has 0 saturated carbocycles. The maximum absolute atomic E-state index is 5.38. The molecular weight excluding hydrogens is 286 g/mol. The molecular formula is C16H25NO3S. The molecule has 1 aromatic rings. The van der Waals surface area contributed by atoms with E-state index < -0.39 is 0 Å². The van der Waals surface area contributed by atoms with Gasteiger partial charge in [-0.3, -0.25) is 0 Å². The molecule has 1 atom stereocenters. The number of nitrogens with one attached hydrogen (secondary N) is 1. The summed E-state index contributed by atoms with van der Waals surface area (Å²) in [6.07, 6.45) is 4.06. The van der Waals surface area contributed by atoms with Crippen LogP contribution in [0.3, 0.4) is 0 Å². The first-order valence-corrected chi connectivity index (χ1v) is 8.44. The van der Waals surface area contributed by atoms with Crippen molar-refractivity contribution in [2.45, 2.75) is 31.1 Å². The molecule has 0 aromatic heterocycles. The SMILES string of the molecule is COc1cc(CNCC2CCCCS2)cc(OC)c1OC. The van der Waals surface area contributed by atoms with Gasteiger partial charge in [-0.15, -0.1) is 0 Å². The molecule has 118 valence electrons. The van der Waals surface area contributed by atoms with Crippen LogP contribution in [0.4, 0.5) is 0 Å². The van der Waals surface area contributed by atoms with Gasteiger partial charge in [0.05, 0.1) is 21.3 Å². The van der Waals surface area contributed by atoms with E-state index in [1.165, 1.54) is 25.0 Å². The van der Waals surface area contributed by atoms with Crippen LogP contribution < -0.4 is 19.5 Å². The second-order valence-corrected chi connectivity index (χ2v) is 6.56. The van der Waals surface area contributed by atoms with E-state index in [0.29, 0.717) is 17.2 Å². The maximum atomic E-state index is 5.38. The lowest BCUT2D eigenvalue weighted by Crippen LogP contribution is -2.26. The maximum Gasteiger partial charge on any atom is 0.203 e. The molecule has 0 amide bonds. The number of hydrogen-bond acceptors (Lipinski definition) is 5. The average molecular weight is 311 g/mol. The average Bonchev–Trinajstić information content (AvgIpc) is 2.54. The highest BCUT2D eigenvalue weighted by Crippen LogP contribution is 2.38. The summed E-state index contributed by atoms with van der Waals surface area (Å²) < 4.78 is 16.1. The van der Waals surface area contributed by atoms with Gasteiger partial charge in [-0.2, -0.15) is 11.8 Å². The van der Waals surface area contributed by atoms with Crippen molar-refractivity contribution < 1.29 is 14.2 Å². The molecule has 1 N–H and O–H groups in total. The quantitative estimate of drug-likeness (QED) is 0.838. The summed E-state index contributed by atoms with van der Waals surface area (Å²) in [4.78, 5) is 0. The van der Waals surface area contributed by atoms with Crippen molar-refractivity contribution in [1.82, 2.24) is 5.32 Å². The molecule has 0 spiro atoms. The largest absolute Gasteiger partial charge is 0.493 e. The Morgan fingerprint density at radius 1 is 1.10 bits per heavy atom. The highest BCUT2D eigenvalue weighted by molar-refractivity contribution is 7.99. The Labute approximate surface area is 131 Å². The van der Waals surface area contributed by atoms with Crippen LogP contribution >= 0.6 is 11.8 Å². The summed E-state index contributed by atoms with van der Waals surface area (Å²) in [7, 11) is 4.92. The summed E-state index contributed by atoms with van der Waals surface area (Å²) in [6.45, 7) is 1.87. The van der Waals surface area contributed by atoms with Crippen molar-refractivity contribution >= 4 is 11.8 Å². The minimum atomic E-state index is 0.645. The Morgan fingerprint density at radius 3 is 2.33 bits per heavy atom. The molecule has 1 saturated heterocycles. The minimum absolute atomic E-state index is 0.645. The van der Waals surface area contributed by atoms with Gasteiger partial charge in [0, 0.05) is 18.3 Å². The third-order valence-electron chi connectivity index (χ3n) is 3.70. The normalized spacial score (nSPS) is 18.3. The third kappa shape index (κ3) is 4.45. The van der Waals surface area contributed by atoms with Crippen molar-refractivity contribution in [2.24, 2.45) is 0 Å². The lowest BCUT2D eigenvalue weighted by molar-refractivity contribution is 0.323. The number of benzene rings is 1. The zero-order valence-electron chi connectivity index (χ0n) is 13.1. The molecule has 2 rings (SSSR count). The summed E-state index contributed by atoms with van der Waals surface area (Å²) in [5.41, 5.74) is 1.14. The van der Waals surface area contributed by atoms with E-state index in [1.54, 1.807) is 21.3 Å². The van der Waals surface area contributed by atoms with Crippen LogP contribution in [0, 0.1) is 0 Å². The topological polar surface area (TPSA) is 39.7 Å². The van der Waals surface area contributed by atoms with Gasteiger partial charge in [-0.25, -0.2) is 0 Å². The minimum Gasteiger partial charge on any atom is -0.493 e. The van der Waals surface area contributed by atoms with Gasteiger partial charge in [0.1, 0.15) is 0 Å². The zero-order chi connectivity index (χ0) is 15.1. The zero-order valence-corrected chi connectivity index (χ0v) is 13.9. The molecule has 4 nitrogen and oxygen atoms in total. The van der Waals surface area contributed by atoms with E-state index in [0.717, 1.165) is 23.9 Å². The van der Waals surface area contributed by atoms with Gasteiger partial charge in [0.25, 0.3) is 0 Å². The molecule has 0 radical (unpaired) electrons. The predicted octanol–water partition coefficient (Wildman–Crippen LogP) is 3.09. The van der Waals surface area contributed by atoms with Crippen LogP contribution in [0.15, 0.2) is 12.1 Å². The number of hydrogen-bond donors (Lipinski definition) is 1. The lowest BCUT2D eigenvalue weighted by Gasteiger charge is -2.21. The molecule has 21 heavy (non-hydrogen) atoms. The fourth-order valence-corrected chi connectivity index (χ4v) is 3.86. The second-order valence-electron chi connectivity index (χ2n) is 5.15. The van der Waals surface area contributed by atoms with Crippen LogP contribution in [-0.4, -0.2) is 38.9 Å². The summed E-state index contributed by atoms with van der Waals surface area (Å²) in [5.74, 6) is 3.37. The molecule has 5 heteroatoms. The highest BCUT2D eigenvalue weighted by Gasteiger charge is 2.15. The van der Waals surface area contributed by atoms with E-state index >= 15 is 0 Å². The molecule has 1 heterocycles. The van der Waals surface area contributed by atoms with Crippen LogP contribution in [0.25, 0.3) is 0 Å². The third-order valence-corrected chi connectivity index (χ3v) is 5.10. The Bertz CT molecular complexity index is 422. The van der Waals surface area contributed by atoms with Gasteiger partial charge in [0.15, 0.2) is 11.5 Å². The smallest absolute Gasteiger partial charge is 0.203 e. The predicted molar refractivity (Wildman–Crippen MR) is 87.9 cm³/mol. The first kappa shape index (κ1) is 16.3. The Morgan fingerprint density at radius 2 is 1.81 bits per heavy atom. The van der Waals surface area contributed by atoms with Gasteiger partial charge >= 0.3 is 0 Å². The summed E-state index contributed by atoms with van der Waals surface area (Å²) in [6, 6.07) is 4.00. The standard InChI is InChI=1S/C16H25NO3S/c1-18-14-8-12(9-15(19-2)16(14)20-3)10-17-11-13-6-4-5-7-21-13/h8-9,13,17H,4-7,10-11H2,1-3H3. The Balaban J connectivity index is 1.95. The molecule has 1 unspecified atom stereocenters. The molecule has 1 fully saturated rings. The number of methoxy groups -OCH3 is 3. The molecule has 1 aliphatic heterocycles. The van der Waals surface area contributed by atoms with Crippen molar-refractivity contribution in [3.05, 3.63) is 17.7 Å². The monoisotopic (exact) mass is 311 g/mol. The van der Waals surface area contributed by atoms with Crippen LogP contribution in [-0.2, 0) is 6.54 Å². The summed E-state index contributed by atoms with van der Waals surface area (Å²) in [5, 5.41) is 4.29. The van der Waals surface area contributed by atoms with E-state index in [-0.39, 0.29) is 0 Å². The number of thioether (sulfide) groups is 1. The number of rotatable bonds is 7. The lowest BCUT2D eigenvalue weighted by atomic mass is 10.1. The first-order valence-electron chi connectivity index (χ1n) is 7.39. The fourth-order valence-electron chi connectivity index (χ4n) is 2.58. The van der Waals surface area contributed by atoms with Crippen molar-refractivity contribution in [2.75, 3.05) is 33.6 Å². The Kier molecular flexibility index (Phi) is 6.51. The van der Waals surface area contributed by atoms with Crippen molar-refractivity contribution in [3.63, 3.8) is 0 Å². The van der Waals surface area contributed by atoms with Crippen LogP contribution in [0.5, 0.6) is 17.2 Å². The van der Waals surface area contributed by atoms with Crippen molar-refractivity contribution in [3.8, 4) is 17.2 Å². The van der Waals surface area contributed by atoms with E-state index in [4.69, 9.17) is 14.2 Å². The number of ether oxygens (including phenoxy) is 3. The molecule has 1 aromatic carbocycles. The van der Waals surface area contributed by atoms with Gasteiger partial charge in [-0.05, 0) is 36.3 Å². The highest BCUT2D eigenvalue weighted by atomic mass is 32.2. The molecule has 0 bridgehead atoms. The van der Waals surface area contributed by atoms with E-state index in [2.05, 4.69) is 17.1 Å². The second kappa shape index (κ2) is 8.39. The molecule has 0 aliphatic carbocycles. The van der Waals surface area contributed by atoms with Crippen LogP contribution in [0.1, 0.15) is 24.8 Å². The van der Waals surface area contributed by atoms with Crippen LogP contribution in [0.2, 0.25) is 0 Å². The fraction of sp³-hybridized carbons (Fsp3) is 0.625. The first-order chi connectivity index (χ1) is 10.3. The molecule has 1 aliphatic rings. The van der Waals surface area contributed by atoms with Gasteiger partial charge in [-0.1, -0.05) is 6.42 Å². The van der Waals surface area contributed by atoms with E-state index in [9.17, 15) is 0 Å². The van der Waals surface area contributed by atoms with Crippen molar-refractivity contribution in [1.29, 1.82) is 0 Å². The van der Waals surface area contributed by atoms with Gasteiger partial charge < -0.3 is 19.5 Å². The van der Waals surface area contributed by atoms with E-state index in [1.807, 2.05) is 12.1 Å². The summed E-state index contributed by atoms with van der Waals surface area (Å²) >= 11 is 2.09. The Hall–Kier alpha value is -1.07. The van der Waals surface area contributed by atoms with Gasteiger partial charge in [0.2, 0.25) is 5.75 Å².